The van der Waals surface area contributed by atoms with Crippen molar-refractivity contribution in [2.45, 2.75) is 25.1 Å². The van der Waals surface area contributed by atoms with E-state index >= 15 is 0 Å². The summed E-state index contributed by atoms with van der Waals surface area (Å²) in [6.45, 7) is 0. The molecule has 0 unspecified atom stereocenters. The van der Waals surface area contributed by atoms with Crippen LogP contribution in [0.25, 0.3) is 0 Å². The minimum absolute atomic E-state index is 0.0908. The molecule has 0 aromatic heterocycles. The quantitative estimate of drug-likeness (QED) is 0.874. The highest BCUT2D eigenvalue weighted by atomic mass is 79.9. The average molecular weight is 356 g/mol. The molecule has 19 heavy (non-hydrogen) atoms. The number of hydrogen-bond acceptors (Lipinski definition) is 2. The van der Waals surface area contributed by atoms with Crippen LogP contribution >= 0.6 is 15.9 Å². The summed E-state index contributed by atoms with van der Waals surface area (Å²) in [7, 11) is -0.771. The highest BCUT2D eigenvalue weighted by molar-refractivity contribution is 9.10. The maximum Gasteiger partial charge on any atom is 0.416 e. The Morgan fingerprint density at radius 3 is 2.42 bits per heavy atom. The topological polar surface area (TPSA) is 29.1 Å². The van der Waals surface area contributed by atoms with Gasteiger partial charge >= 0.3 is 6.18 Å². The van der Waals surface area contributed by atoms with Crippen molar-refractivity contribution in [2.24, 2.45) is 0 Å². The van der Waals surface area contributed by atoms with Crippen LogP contribution in [0, 0.1) is 0 Å². The molecule has 7 heteroatoms. The standard InChI is InChI=1S/C12H13BrF3NOS/c13-9-5-8(12(14,15)16)6-11(7-9)17-10-1-3-19(18)4-2-10/h5-7,10,17H,1-4H2. The summed E-state index contributed by atoms with van der Waals surface area (Å²) in [5.74, 6) is 1.22. The van der Waals surface area contributed by atoms with Gasteiger partial charge in [-0.2, -0.15) is 13.2 Å². The van der Waals surface area contributed by atoms with Gasteiger partial charge in [0.15, 0.2) is 0 Å². The Labute approximate surface area is 120 Å². The van der Waals surface area contributed by atoms with Crippen molar-refractivity contribution in [2.75, 3.05) is 16.8 Å². The van der Waals surface area contributed by atoms with Gasteiger partial charge in [0.1, 0.15) is 0 Å². The summed E-state index contributed by atoms with van der Waals surface area (Å²) < 4.78 is 49.7. The van der Waals surface area contributed by atoms with Gasteiger partial charge in [-0.25, -0.2) is 0 Å². The summed E-state index contributed by atoms with van der Waals surface area (Å²) in [5.41, 5.74) is -0.233. The lowest BCUT2D eigenvalue weighted by molar-refractivity contribution is -0.137. The van der Waals surface area contributed by atoms with Gasteiger partial charge in [-0.1, -0.05) is 15.9 Å². The molecule has 0 spiro atoms. The van der Waals surface area contributed by atoms with Crippen LogP contribution in [-0.2, 0) is 17.0 Å². The molecule has 0 atom stereocenters. The first-order valence-electron chi connectivity index (χ1n) is 5.84. The third kappa shape index (κ3) is 4.21. The van der Waals surface area contributed by atoms with Gasteiger partial charge in [-0.3, -0.25) is 4.21 Å². The molecule has 0 amide bonds. The number of rotatable bonds is 2. The molecule has 1 aromatic carbocycles. The fourth-order valence-electron chi connectivity index (χ4n) is 2.01. The van der Waals surface area contributed by atoms with E-state index in [1.54, 1.807) is 6.07 Å². The summed E-state index contributed by atoms with van der Waals surface area (Å²) in [5, 5.41) is 3.09. The van der Waals surface area contributed by atoms with Gasteiger partial charge in [0.2, 0.25) is 0 Å². The van der Waals surface area contributed by atoms with Crippen molar-refractivity contribution in [3.05, 3.63) is 28.2 Å². The molecule has 2 nitrogen and oxygen atoms in total. The Morgan fingerprint density at radius 2 is 1.84 bits per heavy atom. The first-order chi connectivity index (χ1) is 8.84. The van der Waals surface area contributed by atoms with E-state index in [1.807, 2.05) is 0 Å². The van der Waals surface area contributed by atoms with E-state index in [0.29, 0.717) is 21.7 Å². The van der Waals surface area contributed by atoms with E-state index in [9.17, 15) is 17.4 Å². The van der Waals surface area contributed by atoms with Crippen LogP contribution in [0.3, 0.4) is 0 Å². The van der Waals surface area contributed by atoms with Crippen molar-refractivity contribution in [3.8, 4) is 0 Å². The third-order valence-corrected chi connectivity index (χ3v) is 4.82. The zero-order valence-electron chi connectivity index (χ0n) is 9.97. The van der Waals surface area contributed by atoms with Crippen molar-refractivity contribution in [3.63, 3.8) is 0 Å². The van der Waals surface area contributed by atoms with E-state index in [-0.39, 0.29) is 6.04 Å². The van der Waals surface area contributed by atoms with E-state index in [4.69, 9.17) is 0 Å². The van der Waals surface area contributed by atoms with Crippen LogP contribution in [0.4, 0.5) is 18.9 Å². The van der Waals surface area contributed by atoms with E-state index in [1.165, 1.54) is 0 Å². The summed E-state index contributed by atoms with van der Waals surface area (Å²) in [4.78, 5) is 0. The molecule has 0 bridgehead atoms. The molecule has 1 aliphatic heterocycles. The van der Waals surface area contributed by atoms with Crippen molar-refractivity contribution >= 4 is 32.4 Å². The monoisotopic (exact) mass is 355 g/mol. The van der Waals surface area contributed by atoms with Crippen LogP contribution in [0.5, 0.6) is 0 Å². The Morgan fingerprint density at radius 1 is 1.21 bits per heavy atom. The number of halogens is 4. The molecule has 1 heterocycles. The summed E-state index contributed by atoms with van der Waals surface area (Å²) in [6.07, 6.45) is -2.91. The SMILES string of the molecule is O=S1CCC(Nc2cc(Br)cc(C(F)(F)F)c2)CC1. The fraction of sp³-hybridized carbons (Fsp3) is 0.500. The zero-order chi connectivity index (χ0) is 14.0. The third-order valence-electron chi connectivity index (χ3n) is 2.98. The molecule has 0 radical (unpaired) electrons. The van der Waals surface area contributed by atoms with Gasteiger partial charge in [0.05, 0.1) is 5.56 Å². The van der Waals surface area contributed by atoms with Gasteiger partial charge in [-0.15, -0.1) is 0 Å². The maximum absolute atomic E-state index is 12.7. The number of alkyl halides is 3. The van der Waals surface area contributed by atoms with Crippen LogP contribution in [-0.4, -0.2) is 21.8 Å². The van der Waals surface area contributed by atoms with Gasteiger partial charge in [0, 0.05) is 38.5 Å². The maximum atomic E-state index is 12.7. The lowest BCUT2D eigenvalue weighted by Gasteiger charge is -2.24. The Kier molecular flexibility index (Phi) is 4.55. The van der Waals surface area contributed by atoms with Crippen LogP contribution in [0.2, 0.25) is 0 Å². The predicted octanol–water partition coefficient (Wildman–Crippen LogP) is 3.79. The van der Waals surface area contributed by atoms with Crippen molar-refractivity contribution in [1.29, 1.82) is 0 Å². The lowest BCUT2D eigenvalue weighted by Crippen LogP contribution is -2.29. The Bertz CT molecular complexity index is 482. The van der Waals surface area contributed by atoms with Gasteiger partial charge in [-0.05, 0) is 31.0 Å². The van der Waals surface area contributed by atoms with Crippen LogP contribution < -0.4 is 5.32 Å². The van der Waals surface area contributed by atoms with E-state index in [0.717, 1.165) is 25.0 Å². The van der Waals surface area contributed by atoms with Crippen LogP contribution in [0.15, 0.2) is 22.7 Å². The minimum Gasteiger partial charge on any atom is -0.382 e. The first-order valence-corrected chi connectivity index (χ1v) is 8.12. The summed E-state index contributed by atoms with van der Waals surface area (Å²) >= 11 is 3.09. The molecular weight excluding hydrogens is 343 g/mol. The molecule has 0 saturated carbocycles. The second kappa shape index (κ2) is 5.83. The molecule has 1 saturated heterocycles. The van der Waals surface area contributed by atoms with Crippen LogP contribution in [0.1, 0.15) is 18.4 Å². The molecule has 0 aliphatic carbocycles. The molecular formula is C12H13BrF3NOS. The highest BCUT2D eigenvalue weighted by Crippen LogP contribution is 2.33. The van der Waals surface area contributed by atoms with Crippen molar-refractivity contribution in [1.82, 2.24) is 0 Å². The second-order valence-electron chi connectivity index (χ2n) is 4.49. The Hall–Kier alpha value is -0.560. The first kappa shape index (κ1) is 14.8. The largest absolute Gasteiger partial charge is 0.416 e. The number of benzene rings is 1. The van der Waals surface area contributed by atoms with Crippen molar-refractivity contribution < 1.29 is 17.4 Å². The highest BCUT2D eigenvalue weighted by Gasteiger charge is 2.31. The van der Waals surface area contributed by atoms with Gasteiger partial charge < -0.3 is 5.32 Å². The molecule has 2 rings (SSSR count). The number of anilines is 1. The summed E-state index contributed by atoms with van der Waals surface area (Å²) in [6, 6.07) is 3.88. The predicted molar refractivity (Wildman–Crippen MR) is 73.7 cm³/mol. The number of hydrogen-bond donors (Lipinski definition) is 1. The smallest absolute Gasteiger partial charge is 0.382 e. The zero-order valence-corrected chi connectivity index (χ0v) is 12.4. The minimum atomic E-state index is -4.35. The average Bonchev–Trinajstić information content (AvgIpc) is 2.30. The number of nitrogens with one attached hydrogen (secondary N) is 1. The molecule has 106 valence electrons. The molecule has 1 N–H and O–H groups in total. The molecule has 1 aromatic rings. The molecule has 1 aliphatic rings. The van der Waals surface area contributed by atoms with Gasteiger partial charge in [0.25, 0.3) is 0 Å². The normalized spacial score (nSPS) is 24.2. The lowest BCUT2D eigenvalue weighted by atomic mass is 10.1. The van der Waals surface area contributed by atoms with E-state index in [2.05, 4.69) is 21.2 Å². The van der Waals surface area contributed by atoms with E-state index < -0.39 is 22.5 Å². The fourth-order valence-corrected chi connectivity index (χ4v) is 3.80. The Balaban J connectivity index is 2.12. The second-order valence-corrected chi connectivity index (χ2v) is 7.10. The molecule has 1 fully saturated rings.